The quantitative estimate of drug-likeness (QED) is 0.818. The fourth-order valence-corrected chi connectivity index (χ4v) is 4.51. The van der Waals surface area contributed by atoms with Gasteiger partial charge in [0.25, 0.3) is 0 Å². The monoisotopic (exact) mass is 377 g/mol. The zero-order valence-electron chi connectivity index (χ0n) is 16.3. The van der Waals surface area contributed by atoms with Gasteiger partial charge in [-0.2, -0.15) is 0 Å². The molecule has 0 N–H and O–H groups in total. The first kappa shape index (κ1) is 17.6. The van der Waals surface area contributed by atoms with Crippen LogP contribution < -0.4 is 4.90 Å². The van der Waals surface area contributed by atoms with E-state index in [2.05, 4.69) is 14.8 Å². The molecular formula is C22H27N5O. The molecule has 2 aromatic rings. The fourth-order valence-electron chi connectivity index (χ4n) is 4.51. The van der Waals surface area contributed by atoms with Crippen LogP contribution in [-0.4, -0.2) is 51.9 Å². The molecule has 0 bridgehead atoms. The van der Waals surface area contributed by atoms with Crippen LogP contribution in [0.3, 0.4) is 0 Å². The highest BCUT2D eigenvalue weighted by Gasteiger charge is 2.36. The number of amides is 1. The minimum absolute atomic E-state index is 0.268. The molecule has 0 unspecified atom stereocenters. The highest BCUT2D eigenvalue weighted by molar-refractivity contribution is 5.81. The second kappa shape index (κ2) is 7.49. The van der Waals surface area contributed by atoms with E-state index in [-0.39, 0.29) is 11.8 Å². The van der Waals surface area contributed by atoms with Crippen molar-refractivity contribution in [3.05, 3.63) is 36.4 Å². The lowest BCUT2D eigenvalue weighted by Crippen LogP contribution is -2.40. The van der Waals surface area contributed by atoms with Crippen LogP contribution in [0.4, 0.5) is 5.95 Å². The van der Waals surface area contributed by atoms with E-state index in [1.54, 1.807) is 0 Å². The number of rotatable bonds is 4. The molecule has 0 spiro atoms. The summed E-state index contributed by atoms with van der Waals surface area (Å²) in [6.45, 7) is 3.74. The molecule has 6 nitrogen and oxygen atoms in total. The molecule has 2 aliphatic heterocycles. The third-order valence-electron chi connectivity index (χ3n) is 6.23. The Hall–Kier alpha value is -2.50. The van der Waals surface area contributed by atoms with Crippen molar-refractivity contribution in [3.63, 3.8) is 0 Å². The highest BCUT2D eigenvalue weighted by atomic mass is 16.2. The van der Waals surface area contributed by atoms with Crippen LogP contribution in [0.1, 0.15) is 50.1 Å². The van der Waals surface area contributed by atoms with Crippen LogP contribution in [0.15, 0.2) is 30.7 Å². The molecule has 1 aliphatic carbocycles. The predicted octanol–water partition coefficient (Wildman–Crippen LogP) is 3.25. The van der Waals surface area contributed by atoms with Crippen molar-refractivity contribution in [2.45, 2.75) is 44.4 Å². The van der Waals surface area contributed by atoms with Crippen molar-refractivity contribution < 1.29 is 4.79 Å². The van der Waals surface area contributed by atoms with Gasteiger partial charge in [0.1, 0.15) is 0 Å². The molecule has 2 saturated heterocycles. The Labute approximate surface area is 166 Å². The summed E-state index contributed by atoms with van der Waals surface area (Å²) in [5.41, 5.74) is 3.27. The predicted molar refractivity (Wildman–Crippen MR) is 108 cm³/mol. The summed E-state index contributed by atoms with van der Waals surface area (Å²) >= 11 is 0. The number of carbonyl (C=O) groups is 1. The smallest absolute Gasteiger partial charge is 0.225 e. The van der Waals surface area contributed by atoms with Crippen LogP contribution in [-0.2, 0) is 4.79 Å². The normalized spacial score (nSPS) is 22.5. The van der Waals surface area contributed by atoms with Gasteiger partial charge >= 0.3 is 0 Å². The van der Waals surface area contributed by atoms with Gasteiger partial charge in [-0.05, 0) is 56.2 Å². The first-order chi connectivity index (χ1) is 13.8. The fraction of sp³-hybridized carbons (Fsp3) is 0.545. The molecule has 6 heteroatoms. The summed E-state index contributed by atoms with van der Waals surface area (Å²) < 4.78 is 0. The molecule has 28 heavy (non-hydrogen) atoms. The molecule has 5 rings (SSSR count). The second-order valence-electron chi connectivity index (χ2n) is 8.30. The number of nitrogens with zero attached hydrogens (tertiary/aromatic N) is 5. The van der Waals surface area contributed by atoms with Gasteiger partial charge in [0.2, 0.25) is 11.9 Å². The van der Waals surface area contributed by atoms with Gasteiger partial charge in [0, 0.05) is 62.2 Å². The van der Waals surface area contributed by atoms with Crippen LogP contribution in [0.5, 0.6) is 0 Å². The van der Waals surface area contributed by atoms with E-state index in [0.29, 0.717) is 5.91 Å². The molecular weight excluding hydrogens is 350 g/mol. The maximum Gasteiger partial charge on any atom is 0.225 e. The Bertz CT molecular complexity index is 845. The molecule has 3 aliphatic rings. The standard InChI is InChI=1S/C22H27N5O/c28-21(17-5-6-17)27-13-3-4-18(15-27)20-19(16-7-9-23-10-8-16)14-24-22(25-20)26-11-1-2-12-26/h7-10,14,17-18H,1-6,11-13,15H2/t18-/m0/s1. The first-order valence-corrected chi connectivity index (χ1v) is 10.6. The summed E-state index contributed by atoms with van der Waals surface area (Å²) in [5.74, 6) is 1.74. The van der Waals surface area contributed by atoms with Crippen LogP contribution in [0.25, 0.3) is 11.1 Å². The van der Waals surface area contributed by atoms with E-state index in [9.17, 15) is 4.79 Å². The molecule has 146 valence electrons. The number of pyridine rings is 1. The van der Waals surface area contributed by atoms with Crippen LogP contribution in [0, 0.1) is 5.92 Å². The summed E-state index contributed by atoms with van der Waals surface area (Å²) in [6, 6.07) is 4.04. The maximum absolute atomic E-state index is 12.6. The topological polar surface area (TPSA) is 62.2 Å². The zero-order chi connectivity index (χ0) is 18.9. The lowest BCUT2D eigenvalue weighted by molar-refractivity contribution is -0.133. The van der Waals surface area contributed by atoms with Crippen molar-refractivity contribution in [1.29, 1.82) is 0 Å². The number of hydrogen-bond acceptors (Lipinski definition) is 5. The first-order valence-electron chi connectivity index (χ1n) is 10.6. The van der Waals surface area contributed by atoms with Crippen molar-refractivity contribution in [1.82, 2.24) is 19.9 Å². The largest absolute Gasteiger partial charge is 0.342 e. The highest BCUT2D eigenvalue weighted by Crippen LogP contribution is 2.37. The van der Waals surface area contributed by atoms with Gasteiger partial charge in [-0.25, -0.2) is 9.97 Å². The average molecular weight is 377 g/mol. The van der Waals surface area contributed by atoms with Gasteiger partial charge in [-0.3, -0.25) is 9.78 Å². The average Bonchev–Trinajstić information content (AvgIpc) is 3.47. The number of aromatic nitrogens is 3. The molecule has 0 radical (unpaired) electrons. The summed E-state index contributed by atoms with van der Waals surface area (Å²) in [7, 11) is 0. The third-order valence-corrected chi connectivity index (χ3v) is 6.23. The van der Waals surface area contributed by atoms with Gasteiger partial charge in [-0.15, -0.1) is 0 Å². The van der Waals surface area contributed by atoms with Gasteiger partial charge in [0.15, 0.2) is 0 Å². The van der Waals surface area contributed by atoms with Crippen molar-refractivity contribution in [2.75, 3.05) is 31.1 Å². The van der Waals surface area contributed by atoms with E-state index in [0.717, 1.165) is 74.6 Å². The second-order valence-corrected chi connectivity index (χ2v) is 8.30. The van der Waals surface area contributed by atoms with Gasteiger partial charge < -0.3 is 9.80 Å². The molecule has 2 aromatic heterocycles. The Kier molecular flexibility index (Phi) is 4.71. The number of carbonyl (C=O) groups excluding carboxylic acids is 1. The minimum Gasteiger partial charge on any atom is -0.342 e. The Morgan fingerprint density at radius 3 is 2.54 bits per heavy atom. The maximum atomic E-state index is 12.6. The lowest BCUT2D eigenvalue weighted by Gasteiger charge is -2.33. The van der Waals surface area contributed by atoms with E-state index in [1.165, 1.54) is 12.8 Å². The molecule has 1 saturated carbocycles. The zero-order valence-corrected chi connectivity index (χ0v) is 16.3. The van der Waals surface area contributed by atoms with Crippen LogP contribution >= 0.6 is 0 Å². The summed E-state index contributed by atoms with van der Waals surface area (Å²) in [5, 5.41) is 0. The van der Waals surface area contributed by atoms with Crippen molar-refractivity contribution in [3.8, 4) is 11.1 Å². The lowest BCUT2D eigenvalue weighted by atomic mass is 9.90. The summed E-state index contributed by atoms with van der Waals surface area (Å²) in [4.78, 5) is 30.9. The van der Waals surface area contributed by atoms with E-state index in [1.807, 2.05) is 30.7 Å². The van der Waals surface area contributed by atoms with E-state index >= 15 is 0 Å². The Morgan fingerprint density at radius 2 is 1.79 bits per heavy atom. The number of piperidine rings is 1. The van der Waals surface area contributed by atoms with Crippen LogP contribution in [0.2, 0.25) is 0 Å². The molecule has 0 aromatic carbocycles. The number of likely N-dealkylation sites (tertiary alicyclic amines) is 1. The number of hydrogen-bond donors (Lipinski definition) is 0. The van der Waals surface area contributed by atoms with Crippen molar-refractivity contribution >= 4 is 11.9 Å². The van der Waals surface area contributed by atoms with Gasteiger partial charge in [-0.1, -0.05) is 0 Å². The molecule has 3 fully saturated rings. The summed E-state index contributed by atoms with van der Waals surface area (Å²) in [6.07, 6.45) is 12.3. The molecule has 4 heterocycles. The molecule has 1 amide bonds. The molecule has 1 atom stereocenters. The Morgan fingerprint density at radius 1 is 1.00 bits per heavy atom. The third kappa shape index (κ3) is 3.48. The van der Waals surface area contributed by atoms with E-state index in [4.69, 9.17) is 9.97 Å². The van der Waals surface area contributed by atoms with E-state index < -0.39 is 0 Å². The van der Waals surface area contributed by atoms with Gasteiger partial charge in [0.05, 0.1) is 5.69 Å². The SMILES string of the molecule is O=C(C1CC1)N1CCC[C@H](c2nc(N3CCCC3)ncc2-c2ccncc2)C1. The Balaban J connectivity index is 1.49. The van der Waals surface area contributed by atoms with Crippen molar-refractivity contribution in [2.24, 2.45) is 5.92 Å². The number of anilines is 1. The minimum atomic E-state index is 0.268.